The minimum absolute atomic E-state index is 0.355. The Balaban J connectivity index is 1.51. The second kappa shape index (κ2) is 3.52. The quantitative estimate of drug-likeness (QED) is 0.561. The maximum absolute atomic E-state index is 5.39. The molecule has 11 heavy (non-hydrogen) atoms. The minimum Gasteiger partial charge on any atom is -0.376 e. The molecule has 64 valence electrons. The molecule has 2 heterocycles. The highest BCUT2D eigenvalue weighted by molar-refractivity contribution is 4.69. The molecular weight excluding hydrogens is 144 g/mol. The summed E-state index contributed by atoms with van der Waals surface area (Å²) in [5.41, 5.74) is 0. The molecule has 0 aromatic heterocycles. The van der Waals surface area contributed by atoms with E-state index in [0.717, 1.165) is 32.8 Å². The van der Waals surface area contributed by atoms with Crippen molar-refractivity contribution >= 4 is 0 Å². The van der Waals surface area contributed by atoms with Crippen LogP contribution in [0.1, 0.15) is 12.8 Å². The lowest BCUT2D eigenvalue weighted by Crippen LogP contribution is -2.16. The van der Waals surface area contributed by atoms with Crippen LogP contribution in [0, 0.1) is 0 Å². The van der Waals surface area contributed by atoms with E-state index in [-0.39, 0.29) is 0 Å². The van der Waals surface area contributed by atoms with E-state index in [1.165, 1.54) is 6.42 Å². The Morgan fingerprint density at radius 2 is 2.00 bits per heavy atom. The van der Waals surface area contributed by atoms with Crippen molar-refractivity contribution in [3.05, 3.63) is 0 Å². The first-order valence-corrected chi connectivity index (χ1v) is 4.26. The Morgan fingerprint density at radius 3 is 2.64 bits per heavy atom. The average molecular weight is 158 g/mol. The SMILES string of the molecule is C1CO[C@H](COC[C@H]2CO2)C1. The molecular formula is C8H14O3. The maximum atomic E-state index is 5.39. The zero-order chi connectivity index (χ0) is 7.52. The molecule has 0 bridgehead atoms. The molecule has 0 N–H and O–H groups in total. The van der Waals surface area contributed by atoms with Crippen molar-refractivity contribution in [1.82, 2.24) is 0 Å². The molecule has 0 radical (unpaired) electrons. The molecule has 0 aromatic rings. The minimum atomic E-state index is 0.355. The van der Waals surface area contributed by atoms with Crippen LogP contribution in [0.15, 0.2) is 0 Å². The molecule has 2 rings (SSSR count). The molecule has 0 spiro atoms. The van der Waals surface area contributed by atoms with Gasteiger partial charge >= 0.3 is 0 Å². The van der Waals surface area contributed by atoms with Gasteiger partial charge in [-0.1, -0.05) is 0 Å². The number of epoxide rings is 1. The van der Waals surface area contributed by atoms with E-state index in [4.69, 9.17) is 14.2 Å². The maximum Gasteiger partial charge on any atom is 0.104 e. The lowest BCUT2D eigenvalue weighted by molar-refractivity contribution is 0.0126. The van der Waals surface area contributed by atoms with Crippen LogP contribution < -0.4 is 0 Å². The van der Waals surface area contributed by atoms with Crippen molar-refractivity contribution in [3.63, 3.8) is 0 Å². The van der Waals surface area contributed by atoms with Crippen molar-refractivity contribution in [3.8, 4) is 0 Å². The van der Waals surface area contributed by atoms with Crippen molar-refractivity contribution < 1.29 is 14.2 Å². The van der Waals surface area contributed by atoms with Crippen molar-refractivity contribution in [1.29, 1.82) is 0 Å². The summed E-state index contributed by atoms with van der Waals surface area (Å²) >= 11 is 0. The Hall–Kier alpha value is -0.120. The molecule has 0 saturated carbocycles. The van der Waals surface area contributed by atoms with Crippen LogP contribution in [-0.4, -0.2) is 38.6 Å². The van der Waals surface area contributed by atoms with E-state index < -0.39 is 0 Å². The van der Waals surface area contributed by atoms with Gasteiger partial charge in [-0.25, -0.2) is 0 Å². The first-order valence-electron chi connectivity index (χ1n) is 4.26. The van der Waals surface area contributed by atoms with Gasteiger partial charge < -0.3 is 14.2 Å². The van der Waals surface area contributed by atoms with Crippen LogP contribution in [0.25, 0.3) is 0 Å². The average Bonchev–Trinajstić information content (AvgIpc) is 2.66. The third-order valence-corrected chi connectivity index (χ3v) is 2.03. The second-order valence-electron chi connectivity index (χ2n) is 3.13. The summed E-state index contributed by atoms with van der Waals surface area (Å²) in [7, 11) is 0. The van der Waals surface area contributed by atoms with Crippen LogP contribution in [0.2, 0.25) is 0 Å². The smallest absolute Gasteiger partial charge is 0.104 e. The molecule has 3 heteroatoms. The zero-order valence-electron chi connectivity index (χ0n) is 6.62. The van der Waals surface area contributed by atoms with Gasteiger partial charge in [0.15, 0.2) is 0 Å². The molecule has 0 amide bonds. The third kappa shape index (κ3) is 2.43. The van der Waals surface area contributed by atoms with Gasteiger partial charge in [0.25, 0.3) is 0 Å². The highest BCUT2D eigenvalue weighted by Gasteiger charge is 2.23. The fourth-order valence-corrected chi connectivity index (χ4v) is 1.27. The van der Waals surface area contributed by atoms with Crippen molar-refractivity contribution in [2.45, 2.75) is 25.0 Å². The van der Waals surface area contributed by atoms with Gasteiger partial charge in [0.1, 0.15) is 6.10 Å². The molecule has 0 unspecified atom stereocenters. The van der Waals surface area contributed by atoms with Crippen LogP contribution in [0.4, 0.5) is 0 Å². The lowest BCUT2D eigenvalue weighted by atomic mass is 10.2. The summed E-state index contributed by atoms with van der Waals surface area (Å²) in [5.74, 6) is 0. The van der Waals surface area contributed by atoms with E-state index in [2.05, 4.69) is 0 Å². The number of hydrogen-bond donors (Lipinski definition) is 0. The standard InChI is InChI=1S/C8H14O3/c1-2-7(10-3-1)4-9-5-8-6-11-8/h7-8H,1-6H2/t7-,8-/m0/s1. The van der Waals surface area contributed by atoms with Gasteiger partial charge in [-0.3, -0.25) is 0 Å². The van der Waals surface area contributed by atoms with Gasteiger partial charge in [-0.15, -0.1) is 0 Å². The Bertz CT molecular complexity index is 117. The second-order valence-corrected chi connectivity index (χ2v) is 3.13. The lowest BCUT2D eigenvalue weighted by Gasteiger charge is -2.08. The first-order chi connectivity index (χ1) is 5.45. The predicted molar refractivity (Wildman–Crippen MR) is 39.5 cm³/mol. The number of hydrogen-bond acceptors (Lipinski definition) is 3. The van der Waals surface area contributed by atoms with Gasteiger partial charge in [-0.05, 0) is 12.8 Å². The first kappa shape index (κ1) is 7.53. The summed E-state index contributed by atoms with van der Waals surface area (Å²) in [6, 6.07) is 0. The molecule has 0 aromatic carbocycles. The third-order valence-electron chi connectivity index (χ3n) is 2.03. The highest BCUT2D eigenvalue weighted by atomic mass is 16.6. The zero-order valence-corrected chi connectivity index (χ0v) is 6.62. The highest BCUT2D eigenvalue weighted by Crippen LogP contribution is 2.13. The molecule has 2 atom stereocenters. The monoisotopic (exact) mass is 158 g/mol. The topological polar surface area (TPSA) is 31.0 Å². The van der Waals surface area contributed by atoms with Crippen molar-refractivity contribution in [2.75, 3.05) is 26.4 Å². The summed E-state index contributed by atoms with van der Waals surface area (Å²) in [6.45, 7) is 3.29. The van der Waals surface area contributed by atoms with E-state index in [0.29, 0.717) is 12.2 Å². The predicted octanol–water partition coefficient (Wildman–Crippen LogP) is 0.581. The van der Waals surface area contributed by atoms with Gasteiger partial charge in [-0.2, -0.15) is 0 Å². The van der Waals surface area contributed by atoms with Crippen LogP contribution in [-0.2, 0) is 14.2 Å². The Morgan fingerprint density at radius 1 is 1.18 bits per heavy atom. The van der Waals surface area contributed by atoms with Gasteiger partial charge in [0.2, 0.25) is 0 Å². The van der Waals surface area contributed by atoms with E-state index >= 15 is 0 Å². The van der Waals surface area contributed by atoms with Crippen LogP contribution in [0.5, 0.6) is 0 Å². The molecule has 3 nitrogen and oxygen atoms in total. The fourth-order valence-electron chi connectivity index (χ4n) is 1.27. The van der Waals surface area contributed by atoms with E-state index in [1.54, 1.807) is 0 Å². The summed E-state index contributed by atoms with van der Waals surface area (Å²) in [4.78, 5) is 0. The van der Waals surface area contributed by atoms with Gasteiger partial charge in [0.05, 0.1) is 25.9 Å². The van der Waals surface area contributed by atoms with E-state index in [9.17, 15) is 0 Å². The normalized spacial score (nSPS) is 36.0. The molecule has 2 saturated heterocycles. The molecule has 2 fully saturated rings. The fraction of sp³-hybridized carbons (Fsp3) is 1.00. The van der Waals surface area contributed by atoms with E-state index in [1.807, 2.05) is 0 Å². The number of rotatable bonds is 4. The summed E-state index contributed by atoms with van der Waals surface area (Å²) < 4.78 is 15.8. The van der Waals surface area contributed by atoms with Gasteiger partial charge in [0, 0.05) is 6.61 Å². The largest absolute Gasteiger partial charge is 0.376 e. The Kier molecular flexibility index (Phi) is 2.41. The molecule has 2 aliphatic rings. The van der Waals surface area contributed by atoms with Crippen molar-refractivity contribution in [2.24, 2.45) is 0 Å². The summed E-state index contributed by atoms with van der Waals surface area (Å²) in [5, 5.41) is 0. The molecule has 0 aliphatic carbocycles. The van der Waals surface area contributed by atoms with Crippen LogP contribution in [0.3, 0.4) is 0 Å². The van der Waals surface area contributed by atoms with Crippen LogP contribution >= 0.6 is 0 Å². The number of ether oxygens (including phenoxy) is 3. The Labute approximate surface area is 66.6 Å². The summed E-state index contributed by atoms with van der Waals surface area (Å²) in [6.07, 6.45) is 3.09. The molecule has 2 aliphatic heterocycles.